The van der Waals surface area contributed by atoms with E-state index in [1.165, 1.54) is 0 Å². The fourth-order valence-corrected chi connectivity index (χ4v) is 1.91. The smallest absolute Gasteiger partial charge is 0.337 e. The van der Waals surface area contributed by atoms with Crippen LogP contribution < -0.4 is 5.56 Å². The molecule has 0 saturated heterocycles. The molecular weight excluding hydrogens is 262 g/mol. The second kappa shape index (κ2) is 3.51. The molecule has 0 aliphatic heterocycles. The average molecular weight is 268 g/mol. The molecule has 0 bridgehead atoms. The summed E-state index contributed by atoms with van der Waals surface area (Å²) in [6, 6.07) is 6.77. The van der Waals surface area contributed by atoms with Gasteiger partial charge in [0, 0.05) is 10.9 Å². The number of aromatic carboxylic acids is 1. The second-order valence-corrected chi connectivity index (χ2v) is 3.79. The van der Waals surface area contributed by atoms with Crippen LogP contribution in [-0.2, 0) is 0 Å². The summed E-state index contributed by atoms with van der Waals surface area (Å²) in [7, 11) is 0. The maximum absolute atomic E-state index is 11.4. The zero-order valence-corrected chi connectivity index (χ0v) is 9.04. The first-order valence-electron chi connectivity index (χ1n) is 4.15. The van der Waals surface area contributed by atoms with Gasteiger partial charge in [-0.1, -0.05) is 18.2 Å². The molecule has 0 saturated carbocycles. The molecule has 4 nitrogen and oxygen atoms in total. The number of carbonyl (C=O) groups is 1. The molecule has 15 heavy (non-hydrogen) atoms. The molecule has 0 radical (unpaired) electrons. The fraction of sp³-hybridized carbons (Fsp3) is 0. The van der Waals surface area contributed by atoms with Crippen LogP contribution >= 0.6 is 15.9 Å². The predicted molar refractivity (Wildman–Crippen MR) is 59.2 cm³/mol. The van der Waals surface area contributed by atoms with Crippen molar-refractivity contribution in [2.24, 2.45) is 0 Å². The van der Waals surface area contributed by atoms with E-state index >= 15 is 0 Å². The fourth-order valence-electron chi connectivity index (χ4n) is 1.43. The van der Waals surface area contributed by atoms with E-state index in [9.17, 15) is 9.59 Å². The molecule has 2 aromatic rings. The van der Waals surface area contributed by atoms with Gasteiger partial charge in [-0.05, 0) is 22.0 Å². The molecule has 1 aromatic heterocycles. The average Bonchev–Trinajstić information content (AvgIpc) is 2.19. The van der Waals surface area contributed by atoms with Crippen molar-refractivity contribution in [3.8, 4) is 0 Å². The Balaban J connectivity index is 3.02. The summed E-state index contributed by atoms with van der Waals surface area (Å²) in [4.78, 5) is 25.0. The van der Waals surface area contributed by atoms with Crippen LogP contribution in [-0.4, -0.2) is 16.1 Å². The van der Waals surface area contributed by atoms with E-state index < -0.39 is 11.5 Å². The number of hydrogen-bond donors (Lipinski definition) is 2. The van der Waals surface area contributed by atoms with E-state index in [-0.39, 0.29) is 10.0 Å². The van der Waals surface area contributed by atoms with Crippen LogP contribution in [0.5, 0.6) is 0 Å². The van der Waals surface area contributed by atoms with E-state index in [1.54, 1.807) is 24.3 Å². The Kier molecular flexibility index (Phi) is 2.32. The highest BCUT2D eigenvalue weighted by Crippen LogP contribution is 2.21. The van der Waals surface area contributed by atoms with Gasteiger partial charge in [-0.15, -0.1) is 0 Å². The lowest BCUT2D eigenvalue weighted by atomic mass is 10.1. The Morgan fingerprint density at radius 2 is 2.00 bits per heavy atom. The highest BCUT2D eigenvalue weighted by Gasteiger charge is 2.15. The van der Waals surface area contributed by atoms with Crippen LogP contribution in [0.25, 0.3) is 10.9 Å². The van der Waals surface area contributed by atoms with Crippen LogP contribution in [0.15, 0.2) is 33.5 Å². The molecule has 0 amide bonds. The number of carboxylic acids is 1. The van der Waals surface area contributed by atoms with Crippen molar-refractivity contribution in [2.75, 3.05) is 0 Å². The van der Waals surface area contributed by atoms with Crippen molar-refractivity contribution >= 4 is 32.8 Å². The number of rotatable bonds is 1. The minimum absolute atomic E-state index is 0.00523. The van der Waals surface area contributed by atoms with Crippen LogP contribution in [0.2, 0.25) is 0 Å². The number of nitrogens with one attached hydrogen (secondary N) is 1. The minimum atomic E-state index is -1.12. The lowest BCUT2D eigenvalue weighted by molar-refractivity contribution is 0.0698. The van der Waals surface area contributed by atoms with E-state index in [0.717, 1.165) is 0 Å². The van der Waals surface area contributed by atoms with Gasteiger partial charge in [0.25, 0.3) is 5.56 Å². The summed E-state index contributed by atoms with van der Waals surface area (Å²) in [6.45, 7) is 0. The molecule has 5 heteroatoms. The highest BCUT2D eigenvalue weighted by molar-refractivity contribution is 9.10. The van der Waals surface area contributed by atoms with Gasteiger partial charge in [-0.25, -0.2) is 4.79 Å². The monoisotopic (exact) mass is 267 g/mol. The lowest BCUT2D eigenvalue weighted by Gasteiger charge is -2.03. The number of hydrogen-bond acceptors (Lipinski definition) is 2. The number of aromatic amines is 1. The van der Waals surface area contributed by atoms with Crippen molar-refractivity contribution in [3.63, 3.8) is 0 Å². The van der Waals surface area contributed by atoms with Gasteiger partial charge in [-0.2, -0.15) is 0 Å². The van der Waals surface area contributed by atoms with Crippen LogP contribution in [0, 0.1) is 0 Å². The zero-order valence-electron chi connectivity index (χ0n) is 7.45. The van der Waals surface area contributed by atoms with Crippen molar-refractivity contribution in [1.82, 2.24) is 4.98 Å². The van der Waals surface area contributed by atoms with Gasteiger partial charge in [-0.3, -0.25) is 4.79 Å². The van der Waals surface area contributed by atoms with Crippen LogP contribution in [0.1, 0.15) is 10.4 Å². The first kappa shape index (κ1) is 9.92. The SMILES string of the molecule is O=C(O)c1c(Br)c(=O)[nH]c2ccccc12. The lowest BCUT2D eigenvalue weighted by Crippen LogP contribution is -2.13. The molecular formula is C10H6BrNO3. The van der Waals surface area contributed by atoms with Gasteiger partial charge in [0.15, 0.2) is 0 Å². The maximum Gasteiger partial charge on any atom is 0.337 e. The van der Waals surface area contributed by atoms with E-state index in [2.05, 4.69) is 20.9 Å². The Bertz CT molecular complexity index is 603. The third kappa shape index (κ3) is 1.55. The number of carboxylic acid groups (broad SMARTS) is 1. The molecule has 2 N–H and O–H groups in total. The Hall–Kier alpha value is -1.62. The zero-order chi connectivity index (χ0) is 11.0. The minimum Gasteiger partial charge on any atom is -0.478 e. The summed E-state index contributed by atoms with van der Waals surface area (Å²) in [5, 5.41) is 9.52. The summed E-state index contributed by atoms with van der Waals surface area (Å²) in [5.41, 5.74) is 0.0727. The predicted octanol–water partition coefficient (Wildman–Crippen LogP) is 1.99. The molecule has 0 fully saturated rings. The van der Waals surface area contributed by atoms with Gasteiger partial charge in [0.1, 0.15) is 0 Å². The topological polar surface area (TPSA) is 70.2 Å². The molecule has 0 atom stereocenters. The molecule has 1 heterocycles. The van der Waals surface area contributed by atoms with E-state index in [0.29, 0.717) is 10.9 Å². The number of halogens is 1. The molecule has 0 spiro atoms. The molecule has 2 rings (SSSR count). The highest BCUT2D eigenvalue weighted by atomic mass is 79.9. The first-order valence-corrected chi connectivity index (χ1v) is 4.94. The largest absolute Gasteiger partial charge is 0.478 e. The van der Waals surface area contributed by atoms with Crippen molar-refractivity contribution in [3.05, 3.63) is 44.7 Å². The number of fused-ring (bicyclic) bond motifs is 1. The molecule has 0 aliphatic carbocycles. The van der Waals surface area contributed by atoms with Crippen molar-refractivity contribution < 1.29 is 9.90 Å². The second-order valence-electron chi connectivity index (χ2n) is 2.99. The van der Waals surface area contributed by atoms with Gasteiger partial charge in [0.05, 0.1) is 10.0 Å². The van der Waals surface area contributed by atoms with Crippen LogP contribution in [0.4, 0.5) is 0 Å². The van der Waals surface area contributed by atoms with Crippen LogP contribution in [0.3, 0.4) is 0 Å². The number of pyridine rings is 1. The van der Waals surface area contributed by atoms with Crippen molar-refractivity contribution in [1.29, 1.82) is 0 Å². The Morgan fingerprint density at radius 3 is 2.67 bits per heavy atom. The van der Waals surface area contributed by atoms with Gasteiger partial charge in [0.2, 0.25) is 0 Å². The normalized spacial score (nSPS) is 10.5. The number of para-hydroxylation sites is 1. The quantitative estimate of drug-likeness (QED) is 0.830. The number of H-pyrrole nitrogens is 1. The molecule has 1 aromatic carbocycles. The molecule has 0 aliphatic rings. The van der Waals surface area contributed by atoms with Gasteiger partial charge < -0.3 is 10.1 Å². The standard InChI is InChI=1S/C10H6BrNO3/c11-8-7(10(14)15)5-3-1-2-4-6(5)12-9(8)13/h1-4H,(H,12,13)(H,14,15). The van der Waals surface area contributed by atoms with Gasteiger partial charge >= 0.3 is 5.97 Å². The first-order chi connectivity index (χ1) is 7.11. The third-order valence-corrected chi connectivity index (χ3v) is 2.83. The summed E-state index contributed by atoms with van der Waals surface area (Å²) in [5.74, 6) is -1.12. The summed E-state index contributed by atoms with van der Waals surface area (Å²) < 4.78 is 0.0497. The summed E-state index contributed by atoms with van der Waals surface area (Å²) >= 11 is 2.98. The third-order valence-electron chi connectivity index (χ3n) is 2.08. The summed E-state index contributed by atoms with van der Waals surface area (Å²) in [6.07, 6.45) is 0. The van der Waals surface area contributed by atoms with E-state index in [1.807, 2.05) is 0 Å². The number of benzene rings is 1. The Morgan fingerprint density at radius 1 is 1.33 bits per heavy atom. The maximum atomic E-state index is 11.4. The molecule has 0 unspecified atom stereocenters. The van der Waals surface area contributed by atoms with E-state index in [4.69, 9.17) is 5.11 Å². The van der Waals surface area contributed by atoms with Crippen molar-refractivity contribution in [2.45, 2.75) is 0 Å². The number of aromatic nitrogens is 1. The molecule has 76 valence electrons. The Labute approximate surface area is 92.7 Å².